The van der Waals surface area contributed by atoms with Gasteiger partial charge < -0.3 is 47.4 Å². The molecule has 5 heterocycles. The van der Waals surface area contributed by atoms with Crippen molar-refractivity contribution >= 4 is 34.6 Å². The molecule has 668 valence electrons. The molecule has 3 aromatic rings. The lowest BCUT2D eigenvalue weighted by Crippen LogP contribution is -2.52. The summed E-state index contributed by atoms with van der Waals surface area (Å²) in [4.78, 5) is 0. The largest absolute Gasteiger partial charge is 0.350 e. The van der Waals surface area contributed by atoms with Gasteiger partial charge in [-0.2, -0.15) is 0 Å². The number of hydrogen-bond acceptors (Lipinski definition) is 10. The molecule has 10 nitrogen and oxygen atoms in total. The van der Waals surface area contributed by atoms with Crippen LogP contribution >= 0.6 is 0 Å². The van der Waals surface area contributed by atoms with E-state index in [9.17, 15) is 0 Å². The lowest BCUT2D eigenvalue weighted by Gasteiger charge is -2.23. The van der Waals surface area contributed by atoms with Crippen molar-refractivity contribution in [1.82, 2.24) is 0 Å². The van der Waals surface area contributed by atoms with Crippen LogP contribution in [0.5, 0.6) is 0 Å². The van der Waals surface area contributed by atoms with E-state index in [1.165, 1.54) is 112 Å². The van der Waals surface area contributed by atoms with E-state index in [0.717, 1.165) is 115 Å². The van der Waals surface area contributed by atoms with E-state index in [4.69, 9.17) is 47.4 Å². The van der Waals surface area contributed by atoms with Crippen LogP contribution in [0.15, 0.2) is 154 Å². The molecule has 5 saturated heterocycles. The Kier molecular flexibility index (Phi) is 88.7. The number of hydrogen-bond donors (Lipinski definition) is 0. The predicted octanol–water partition coefficient (Wildman–Crippen LogP) is 29.3. The Bertz CT molecular complexity index is 2210. The molecule has 5 unspecified atom stereocenters. The summed E-state index contributed by atoms with van der Waals surface area (Å²) in [7, 11) is -2.68. The first kappa shape index (κ1) is 121. The van der Waals surface area contributed by atoms with Crippen LogP contribution in [0.3, 0.4) is 0 Å². The highest BCUT2D eigenvalue weighted by Crippen LogP contribution is 2.25. The molecule has 13 heteroatoms. The average Bonchev–Trinajstić information content (AvgIpc) is 1.08. The number of rotatable bonds is 34. The molecule has 114 heavy (non-hydrogen) atoms. The minimum Gasteiger partial charge on any atom is -0.350 e. The molecular formula is C101H192O10Si3. The van der Waals surface area contributed by atoms with Crippen molar-refractivity contribution in [2.75, 3.05) is 66.1 Å². The lowest BCUT2D eigenvalue weighted by atomic mass is 9.88. The first-order valence-electron chi connectivity index (χ1n) is 45.1. The van der Waals surface area contributed by atoms with E-state index in [-0.39, 0.29) is 31.5 Å². The molecule has 0 radical (unpaired) electrons. The fourth-order valence-corrected chi connectivity index (χ4v) is 10.5. The average molecular weight is 1650 g/mol. The van der Waals surface area contributed by atoms with Crippen LogP contribution in [0.2, 0.25) is 65.5 Å². The van der Waals surface area contributed by atoms with Gasteiger partial charge in [-0.25, -0.2) is 0 Å². The molecule has 0 amide bonds. The number of aryl methyl sites for hydroxylation is 1. The summed E-state index contributed by atoms with van der Waals surface area (Å²) in [6, 6.07) is 32.1. The Morgan fingerprint density at radius 1 is 0.333 bits per heavy atom. The molecule has 1 saturated carbocycles. The normalized spacial score (nSPS) is 16.8. The summed E-state index contributed by atoms with van der Waals surface area (Å²) in [5.74, 6) is 6.71. The number of epoxide rings is 5. The van der Waals surface area contributed by atoms with E-state index in [0.29, 0.717) is 29.6 Å². The Balaban J connectivity index is -0.000000278. The zero-order chi connectivity index (χ0) is 88.0. The molecule has 6 aliphatic rings. The molecule has 3 aromatic carbocycles. The lowest BCUT2D eigenvalue weighted by molar-refractivity contribution is 0.0466. The minimum atomic E-state index is -1.46. The standard InChI is InChI=1S/C14H16Si.3C8H16O2.C8H16.C8H10.2C7H14O2.5C5H10.2C4H12Si/c1-15(2,13-9-5-3-6-10-13)14-11-7-4-8-12-14;3*1-7(2)4-3-5-9-8-6-10-8;2*1-2-8-6-4-3-5-7-8;2*1-2-3-4-5-8-7-6-9-7;5*1-4-5(2)3;2*1-5(2,3)4/h3-12H,1-2H3;3*7-8H,3-6H2,1-2H3;8H,2-7H2,1H3;3-7H,2H2,1H3;2*7H,2-6H2,1H3;5*4-5H,1H2,2-3H3;2*1-4H3. The van der Waals surface area contributed by atoms with Crippen LogP contribution < -0.4 is 10.4 Å². The maximum atomic E-state index is 5.28. The third-order valence-corrected chi connectivity index (χ3v) is 19.8. The maximum Gasteiger partial charge on any atom is 0.181 e. The smallest absolute Gasteiger partial charge is 0.181 e. The number of benzene rings is 3. The zero-order valence-corrected chi connectivity index (χ0v) is 83.8. The summed E-state index contributed by atoms with van der Waals surface area (Å²) in [5, 5.41) is 2.99. The zero-order valence-electron chi connectivity index (χ0n) is 80.8. The fourth-order valence-electron chi connectivity index (χ4n) is 8.12. The van der Waals surface area contributed by atoms with Crippen LogP contribution in [0.4, 0.5) is 0 Å². The van der Waals surface area contributed by atoms with Gasteiger partial charge in [0.2, 0.25) is 0 Å². The highest BCUT2D eigenvalue weighted by atomic mass is 28.3. The van der Waals surface area contributed by atoms with Crippen LogP contribution in [0.25, 0.3) is 0 Å². The molecular weight excluding hydrogens is 1460 g/mol. The predicted molar refractivity (Wildman–Crippen MR) is 516 cm³/mol. The van der Waals surface area contributed by atoms with Crippen molar-refractivity contribution in [1.29, 1.82) is 0 Å². The molecule has 6 fully saturated rings. The van der Waals surface area contributed by atoms with Crippen molar-refractivity contribution < 1.29 is 47.4 Å². The highest BCUT2D eigenvalue weighted by Gasteiger charge is 2.27. The Morgan fingerprint density at radius 2 is 0.544 bits per heavy atom. The number of allylic oxidation sites excluding steroid dienone is 5. The summed E-state index contributed by atoms with van der Waals surface area (Å²) in [6.07, 6.45) is 35.1. The molecule has 9 rings (SSSR count). The van der Waals surface area contributed by atoms with Crippen molar-refractivity contribution in [3.05, 3.63) is 160 Å². The van der Waals surface area contributed by atoms with Crippen molar-refractivity contribution in [2.45, 2.75) is 357 Å². The second-order valence-corrected chi connectivity index (χ2v) is 53.1. The first-order chi connectivity index (χ1) is 53.7. The molecule has 0 bridgehead atoms. The van der Waals surface area contributed by atoms with E-state index >= 15 is 0 Å². The highest BCUT2D eigenvalue weighted by molar-refractivity contribution is 7.00. The van der Waals surface area contributed by atoms with Crippen molar-refractivity contribution in [2.24, 2.45) is 53.3 Å². The Hall–Kier alpha value is -3.39. The maximum absolute atomic E-state index is 5.28. The summed E-state index contributed by atoms with van der Waals surface area (Å²) in [5.41, 5.74) is 1.41. The third-order valence-electron chi connectivity index (χ3n) is 16.2. The topological polar surface area (TPSA) is 109 Å². The third kappa shape index (κ3) is 119. The van der Waals surface area contributed by atoms with Gasteiger partial charge in [-0.3, -0.25) is 0 Å². The summed E-state index contributed by atoms with van der Waals surface area (Å²) in [6.45, 7) is 92.9. The first-order valence-corrected chi connectivity index (χ1v) is 56.1. The van der Waals surface area contributed by atoms with Crippen LogP contribution in [-0.2, 0) is 53.8 Å². The van der Waals surface area contributed by atoms with Gasteiger partial charge >= 0.3 is 0 Å². The number of ether oxygens (including phenoxy) is 10. The van der Waals surface area contributed by atoms with Gasteiger partial charge in [-0.05, 0) is 117 Å². The Labute approximate surface area is 714 Å². The van der Waals surface area contributed by atoms with Gasteiger partial charge in [-0.15, -0.1) is 32.9 Å². The minimum absolute atomic E-state index is 0.146. The second kappa shape index (κ2) is 83.3. The molecule has 0 spiro atoms. The summed E-state index contributed by atoms with van der Waals surface area (Å²) < 4.78 is 50.7. The monoisotopic (exact) mass is 1650 g/mol. The molecule has 5 aliphatic heterocycles. The van der Waals surface area contributed by atoms with Crippen LogP contribution in [0.1, 0.15) is 260 Å². The SMILES string of the molecule is C=CC(C)C.C=CC(C)C.C=CC(C)C.C=CC(C)C.C=CC(C)C.CC(C)CCCOC1CO1.CC(C)CCCOC1CO1.CC(C)CCCOC1CO1.CCC1CCCCC1.CCCCCOC1CO1.CCCCCOC1CO1.CCc1ccccc1.C[Si](C)(C)C.C[Si](C)(C)C.C[Si](C)(c1ccccc1)c1ccccc1. The molecule has 0 aromatic heterocycles. The van der Waals surface area contributed by atoms with Crippen molar-refractivity contribution in [3.63, 3.8) is 0 Å². The van der Waals surface area contributed by atoms with Gasteiger partial charge in [0, 0.05) is 49.2 Å². The van der Waals surface area contributed by atoms with E-state index in [1.54, 1.807) is 0 Å². The molecule has 0 N–H and O–H groups in total. The molecule has 5 atom stereocenters. The van der Waals surface area contributed by atoms with Gasteiger partial charge in [-0.1, -0.05) is 400 Å². The second-order valence-electron chi connectivity index (χ2n) is 36.7. The fraction of sp³-hybridized carbons (Fsp3) is 0.723. The Morgan fingerprint density at radius 3 is 0.702 bits per heavy atom. The van der Waals surface area contributed by atoms with E-state index in [2.05, 4.69) is 322 Å². The van der Waals surface area contributed by atoms with E-state index < -0.39 is 24.2 Å². The van der Waals surface area contributed by atoms with Gasteiger partial charge in [0.15, 0.2) is 31.5 Å². The van der Waals surface area contributed by atoms with Gasteiger partial charge in [0.05, 0.1) is 0 Å². The number of unbranched alkanes of at least 4 members (excludes halogenated alkanes) is 4. The van der Waals surface area contributed by atoms with Crippen LogP contribution in [-0.4, -0.2) is 122 Å². The summed E-state index contributed by atoms with van der Waals surface area (Å²) >= 11 is 0. The van der Waals surface area contributed by atoms with Gasteiger partial charge in [0.25, 0.3) is 0 Å². The van der Waals surface area contributed by atoms with Crippen molar-refractivity contribution in [3.8, 4) is 0 Å². The van der Waals surface area contributed by atoms with Crippen LogP contribution in [0, 0.1) is 53.3 Å². The quantitative estimate of drug-likeness (QED) is 0.0248. The van der Waals surface area contributed by atoms with Gasteiger partial charge in [0.1, 0.15) is 41.1 Å². The van der Waals surface area contributed by atoms with E-state index in [1.807, 2.05) is 36.4 Å². The molecule has 1 aliphatic carbocycles.